The lowest BCUT2D eigenvalue weighted by molar-refractivity contribution is -0.142. The second kappa shape index (κ2) is 13.6. The number of nitrogens with zero attached hydrogens (tertiary/aromatic N) is 3. The van der Waals surface area contributed by atoms with Crippen LogP contribution in [-0.4, -0.2) is 68.4 Å². The number of aromatic hydroxyl groups is 1. The summed E-state index contributed by atoms with van der Waals surface area (Å²) in [6.07, 6.45) is -2.83. The number of ether oxygens (including phenoxy) is 1. The van der Waals surface area contributed by atoms with E-state index < -0.39 is 87.2 Å². The maximum atomic E-state index is 15.3. The van der Waals surface area contributed by atoms with Gasteiger partial charge >= 0.3 is 12.1 Å². The summed E-state index contributed by atoms with van der Waals surface area (Å²) >= 11 is 12.5. The molecule has 0 spiro atoms. The molecule has 54 heavy (non-hydrogen) atoms. The Labute approximate surface area is 315 Å². The summed E-state index contributed by atoms with van der Waals surface area (Å²) < 4.78 is 46.1. The number of alkyl halides is 3. The molecular formula is C37H31Cl2F3N4O8. The van der Waals surface area contributed by atoms with Crippen molar-refractivity contribution in [2.75, 3.05) is 19.1 Å². The number of hydrogen-bond donors (Lipinski definition) is 3. The fourth-order valence-corrected chi connectivity index (χ4v) is 9.11. The van der Waals surface area contributed by atoms with E-state index in [-0.39, 0.29) is 49.3 Å². The number of phenols is 1. The standard InChI is InChI=1S/C37H31Cl2F3N4O8/c1-54-26-5-2-4-25(47)29(26)30-20-11-12-21-28(34(52)45(32(21)50)13-3-6-27(48)49)22(20)15-23-33(51)46(35(53)36(23,30)17-7-9-19(38)10-8-17)44-31-24(39)14-18(16-43-31)37(40,41)42/h2,4-5,7-11,14,16,21-23,28,30,47H,3,6,12-13,15H2,1H3,(H,43,44)(H,48,49)/t21-,22+,23-,28-,30+,36+/m0/s1. The number of pyridine rings is 1. The smallest absolute Gasteiger partial charge is 0.417 e. The number of benzene rings is 2. The zero-order valence-corrected chi connectivity index (χ0v) is 29.8. The molecule has 4 aliphatic rings. The number of methoxy groups -OCH3 is 1. The summed E-state index contributed by atoms with van der Waals surface area (Å²) in [5, 5.41) is 21.2. The molecule has 12 nitrogen and oxygen atoms in total. The van der Waals surface area contributed by atoms with Crippen LogP contribution in [-0.2, 0) is 35.6 Å². The average Bonchev–Trinajstić information content (AvgIpc) is 3.49. The van der Waals surface area contributed by atoms with Gasteiger partial charge in [0.1, 0.15) is 11.5 Å². The minimum absolute atomic E-state index is 0.0331. The fraction of sp³-hybridized carbons (Fsp3) is 0.351. The van der Waals surface area contributed by atoms with Gasteiger partial charge in [-0.25, -0.2) is 4.98 Å². The van der Waals surface area contributed by atoms with Crippen molar-refractivity contribution < 1.29 is 52.1 Å². The number of anilines is 1. The SMILES string of the molecule is COc1cccc(O)c1[C@H]1C2=CC[C@@H]3C(=O)N(CCCC(=O)O)C(=O)[C@@H]3[C@@H]2C[C@H]2C(=O)N(Nc3ncc(C(F)(F)F)cc3Cl)C(=O)[C@@]12c1ccc(Cl)cc1. The number of hydrogen-bond acceptors (Lipinski definition) is 9. The van der Waals surface area contributed by atoms with Crippen molar-refractivity contribution in [2.45, 2.75) is 43.2 Å². The van der Waals surface area contributed by atoms with Gasteiger partial charge in [-0.05, 0) is 61.1 Å². The highest BCUT2D eigenvalue weighted by Gasteiger charge is 2.71. The Bertz CT molecular complexity index is 2130. The van der Waals surface area contributed by atoms with Gasteiger partial charge in [0.2, 0.25) is 11.8 Å². The highest BCUT2D eigenvalue weighted by atomic mass is 35.5. The first-order chi connectivity index (χ1) is 25.6. The van der Waals surface area contributed by atoms with E-state index >= 15 is 4.79 Å². The Hall–Kier alpha value is -5.15. The number of halogens is 5. The maximum Gasteiger partial charge on any atom is 0.417 e. The molecule has 0 radical (unpaired) electrons. The van der Waals surface area contributed by atoms with E-state index in [1.807, 2.05) is 0 Å². The van der Waals surface area contributed by atoms with Crippen LogP contribution in [0.25, 0.3) is 0 Å². The molecule has 6 atom stereocenters. The molecule has 3 N–H and O–H groups in total. The van der Waals surface area contributed by atoms with Crippen LogP contribution in [0.5, 0.6) is 11.5 Å². The number of rotatable bonds is 9. The van der Waals surface area contributed by atoms with E-state index in [1.54, 1.807) is 24.3 Å². The number of hydrazine groups is 1. The molecule has 1 aromatic heterocycles. The highest BCUT2D eigenvalue weighted by Crippen LogP contribution is 2.66. The van der Waals surface area contributed by atoms with Gasteiger partial charge < -0.3 is 14.9 Å². The number of fused-ring (bicyclic) bond motifs is 4. The van der Waals surface area contributed by atoms with Gasteiger partial charge in [-0.15, -0.1) is 0 Å². The zero-order chi connectivity index (χ0) is 38.9. The van der Waals surface area contributed by atoms with Crippen LogP contribution in [0.2, 0.25) is 10.0 Å². The maximum absolute atomic E-state index is 15.3. The van der Waals surface area contributed by atoms with Crippen LogP contribution in [0.3, 0.4) is 0 Å². The van der Waals surface area contributed by atoms with Crippen molar-refractivity contribution in [1.29, 1.82) is 0 Å². The number of likely N-dealkylation sites (tertiary alicyclic amines) is 1. The van der Waals surface area contributed by atoms with Crippen LogP contribution in [0.4, 0.5) is 19.0 Å². The van der Waals surface area contributed by atoms with Crippen LogP contribution in [0.1, 0.15) is 48.3 Å². The number of allylic oxidation sites excluding steroid dienone is 2. The Morgan fingerprint density at radius 3 is 2.43 bits per heavy atom. The highest BCUT2D eigenvalue weighted by molar-refractivity contribution is 6.33. The van der Waals surface area contributed by atoms with Crippen LogP contribution in [0, 0.1) is 23.7 Å². The van der Waals surface area contributed by atoms with Crippen LogP contribution in [0.15, 0.2) is 66.4 Å². The van der Waals surface area contributed by atoms with E-state index in [2.05, 4.69) is 10.4 Å². The molecular weight excluding hydrogens is 756 g/mol. The van der Waals surface area contributed by atoms with Gasteiger partial charge in [0.15, 0.2) is 5.82 Å². The van der Waals surface area contributed by atoms with Gasteiger partial charge in [0.05, 0.1) is 40.9 Å². The first kappa shape index (κ1) is 37.2. The number of carboxylic acids is 1. The summed E-state index contributed by atoms with van der Waals surface area (Å²) in [4.78, 5) is 73.9. The normalized spacial score (nSPS) is 26.3. The first-order valence-corrected chi connectivity index (χ1v) is 17.6. The largest absolute Gasteiger partial charge is 0.508 e. The summed E-state index contributed by atoms with van der Waals surface area (Å²) in [5.74, 6) is -9.50. The number of amides is 4. The van der Waals surface area contributed by atoms with Crippen LogP contribution < -0.4 is 10.2 Å². The lowest BCUT2D eigenvalue weighted by atomic mass is 9.49. The van der Waals surface area contributed by atoms with Gasteiger partial charge in [-0.2, -0.15) is 18.2 Å². The van der Waals surface area contributed by atoms with Crippen molar-refractivity contribution in [3.8, 4) is 11.5 Å². The molecule has 3 heterocycles. The molecule has 282 valence electrons. The number of nitrogens with one attached hydrogen (secondary N) is 1. The van der Waals surface area contributed by atoms with E-state index in [9.17, 15) is 37.5 Å². The Morgan fingerprint density at radius 2 is 1.78 bits per heavy atom. The molecule has 2 aliphatic carbocycles. The molecule has 0 bridgehead atoms. The van der Waals surface area contributed by atoms with Gasteiger partial charge in [0.25, 0.3) is 11.8 Å². The number of imide groups is 2. The third-order valence-corrected chi connectivity index (χ3v) is 11.5. The Morgan fingerprint density at radius 1 is 1.06 bits per heavy atom. The van der Waals surface area contributed by atoms with E-state index in [0.717, 1.165) is 4.90 Å². The average molecular weight is 788 g/mol. The summed E-state index contributed by atoms with van der Waals surface area (Å²) in [5.41, 5.74) is 0.420. The molecule has 4 amide bonds. The number of carbonyl (C=O) groups is 5. The predicted molar refractivity (Wildman–Crippen MR) is 185 cm³/mol. The molecule has 3 aromatic rings. The number of carboxylic acid groups (broad SMARTS) is 1. The molecule has 7 rings (SSSR count). The summed E-state index contributed by atoms with van der Waals surface area (Å²) in [7, 11) is 1.36. The van der Waals surface area contributed by atoms with E-state index in [0.29, 0.717) is 33.4 Å². The molecule has 0 unspecified atom stereocenters. The summed E-state index contributed by atoms with van der Waals surface area (Å²) in [6.45, 7) is -0.121. The molecule has 2 aromatic carbocycles. The lowest BCUT2D eigenvalue weighted by Crippen LogP contribution is -2.53. The summed E-state index contributed by atoms with van der Waals surface area (Å²) in [6, 6.07) is 11.2. The zero-order valence-electron chi connectivity index (χ0n) is 28.3. The monoisotopic (exact) mass is 786 g/mol. The van der Waals surface area contributed by atoms with Crippen molar-refractivity contribution in [3.05, 3.63) is 93.1 Å². The van der Waals surface area contributed by atoms with Crippen molar-refractivity contribution in [1.82, 2.24) is 14.9 Å². The molecule has 2 aliphatic heterocycles. The topological polar surface area (TPSA) is 166 Å². The van der Waals surface area contributed by atoms with E-state index in [4.69, 9.17) is 33.0 Å². The third kappa shape index (κ3) is 5.75. The molecule has 17 heteroatoms. The lowest BCUT2D eigenvalue weighted by Gasteiger charge is -2.50. The number of aromatic nitrogens is 1. The van der Waals surface area contributed by atoms with Gasteiger partial charge in [-0.1, -0.05) is 53.1 Å². The predicted octanol–water partition coefficient (Wildman–Crippen LogP) is 5.97. The minimum atomic E-state index is -4.78. The second-order valence-electron chi connectivity index (χ2n) is 13.6. The van der Waals surface area contributed by atoms with Gasteiger partial charge in [0, 0.05) is 35.7 Å². The Balaban J connectivity index is 1.42. The van der Waals surface area contributed by atoms with Crippen molar-refractivity contribution in [3.63, 3.8) is 0 Å². The third-order valence-electron chi connectivity index (χ3n) is 11.0. The van der Waals surface area contributed by atoms with E-state index in [1.165, 1.54) is 31.4 Å². The quantitative estimate of drug-likeness (QED) is 0.174. The van der Waals surface area contributed by atoms with Crippen LogP contribution >= 0.6 is 23.2 Å². The molecule has 3 fully saturated rings. The van der Waals surface area contributed by atoms with Crippen molar-refractivity contribution in [2.24, 2.45) is 23.7 Å². The molecule has 1 saturated carbocycles. The Kier molecular flexibility index (Phi) is 9.37. The number of aliphatic carboxylic acids is 1. The second-order valence-corrected chi connectivity index (χ2v) is 14.5. The first-order valence-electron chi connectivity index (χ1n) is 16.9. The van der Waals surface area contributed by atoms with Gasteiger partial charge in [-0.3, -0.25) is 34.3 Å². The fourth-order valence-electron chi connectivity index (χ4n) is 8.77. The number of phenolic OH excluding ortho intramolecular Hbond substituents is 1. The minimum Gasteiger partial charge on any atom is -0.508 e. The number of carbonyl (C=O) groups excluding carboxylic acids is 4. The molecule has 2 saturated heterocycles. The van der Waals surface area contributed by atoms with Crippen molar-refractivity contribution >= 4 is 58.6 Å².